The lowest BCUT2D eigenvalue weighted by Crippen LogP contribution is -2.11. The van der Waals surface area contributed by atoms with E-state index in [0.29, 0.717) is 5.39 Å². The second kappa shape index (κ2) is 6.80. The molecule has 0 radical (unpaired) electrons. The van der Waals surface area contributed by atoms with Crippen LogP contribution in [0.25, 0.3) is 10.1 Å². The molecule has 0 saturated carbocycles. The molecule has 0 amide bonds. The van der Waals surface area contributed by atoms with Gasteiger partial charge in [0.2, 0.25) is 0 Å². The number of carbonyl (C=O) groups excluding carboxylic acids is 2. The summed E-state index contributed by atoms with van der Waals surface area (Å²) < 4.78 is 24.3. The number of halogens is 1. The van der Waals surface area contributed by atoms with Crippen LogP contribution in [-0.4, -0.2) is 18.5 Å². The second-order valence-corrected chi connectivity index (χ2v) is 5.93. The summed E-state index contributed by atoms with van der Waals surface area (Å²) in [5, 5.41) is 0.654. The van der Waals surface area contributed by atoms with Crippen LogP contribution in [0.1, 0.15) is 27.0 Å². The highest BCUT2D eigenvalue weighted by molar-refractivity contribution is 7.21. The molecule has 3 aromatic rings. The summed E-state index contributed by atoms with van der Waals surface area (Å²) >= 11 is 1.20. The van der Waals surface area contributed by atoms with Crippen molar-refractivity contribution < 1.29 is 23.5 Å². The van der Waals surface area contributed by atoms with Gasteiger partial charge in [-0.2, -0.15) is 0 Å². The smallest absolute Gasteiger partial charge is 0.352 e. The largest absolute Gasteiger partial charge is 0.462 e. The highest BCUT2D eigenvalue weighted by atomic mass is 32.1. The predicted octanol–water partition coefficient (Wildman–Crippen LogP) is 4.44. The lowest BCUT2D eigenvalue weighted by Gasteiger charge is -2.06. The van der Waals surface area contributed by atoms with Crippen molar-refractivity contribution in [1.82, 2.24) is 0 Å². The van der Waals surface area contributed by atoms with E-state index >= 15 is 0 Å². The summed E-state index contributed by atoms with van der Waals surface area (Å²) in [6, 6.07) is 12.2. The Kier molecular flexibility index (Phi) is 4.57. The number of carbonyl (C=O) groups is 2. The van der Waals surface area contributed by atoms with Gasteiger partial charge in [0.1, 0.15) is 5.82 Å². The first-order valence-electron chi connectivity index (χ1n) is 7.26. The van der Waals surface area contributed by atoms with Crippen LogP contribution in [0, 0.1) is 5.82 Å². The van der Waals surface area contributed by atoms with Crippen molar-refractivity contribution in [2.45, 2.75) is 6.92 Å². The third-order valence-corrected chi connectivity index (χ3v) is 4.42. The number of ether oxygens (including phenoxy) is 2. The van der Waals surface area contributed by atoms with E-state index in [1.165, 1.54) is 35.6 Å². The summed E-state index contributed by atoms with van der Waals surface area (Å²) in [6.07, 6.45) is 0. The molecular formula is C18H13FO4S. The number of rotatable bonds is 4. The molecule has 1 aromatic heterocycles. The summed E-state index contributed by atoms with van der Waals surface area (Å²) in [5.41, 5.74) is 0.196. The Hall–Kier alpha value is -2.73. The number of thiophene rings is 1. The van der Waals surface area contributed by atoms with Crippen molar-refractivity contribution in [3.8, 4) is 5.75 Å². The fraction of sp³-hybridized carbons (Fsp3) is 0.111. The van der Waals surface area contributed by atoms with Crippen LogP contribution in [0.15, 0.2) is 48.5 Å². The van der Waals surface area contributed by atoms with E-state index < -0.39 is 17.8 Å². The van der Waals surface area contributed by atoms with Crippen molar-refractivity contribution in [2.75, 3.05) is 6.61 Å². The van der Waals surface area contributed by atoms with Gasteiger partial charge in [0.25, 0.3) is 0 Å². The van der Waals surface area contributed by atoms with Gasteiger partial charge in [0.05, 0.1) is 12.2 Å². The fourth-order valence-electron chi connectivity index (χ4n) is 2.19. The molecule has 4 nitrogen and oxygen atoms in total. The molecule has 0 spiro atoms. The SMILES string of the molecule is CCOC(=O)c1sc2ccccc2c1OC(=O)c1ccc(F)cc1. The Bertz CT molecular complexity index is 899. The topological polar surface area (TPSA) is 52.6 Å². The van der Waals surface area contributed by atoms with E-state index in [4.69, 9.17) is 9.47 Å². The normalized spacial score (nSPS) is 10.6. The number of benzene rings is 2. The Morgan fingerprint density at radius 1 is 1.04 bits per heavy atom. The molecule has 0 fully saturated rings. The minimum atomic E-state index is -0.663. The molecule has 6 heteroatoms. The van der Waals surface area contributed by atoms with E-state index in [1.54, 1.807) is 19.1 Å². The zero-order valence-electron chi connectivity index (χ0n) is 12.7. The third-order valence-electron chi connectivity index (χ3n) is 3.29. The summed E-state index contributed by atoms with van der Waals surface area (Å²) in [5.74, 6) is -1.48. The van der Waals surface area contributed by atoms with Gasteiger partial charge >= 0.3 is 11.9 Å². The molecule has 0 unspecified atom stereocenters. The van der Waals surface area contributed by atoms with Crippen LogP contribution in [0.5, 0.6) is 5.75 Å². The van der Waals surface area contributed by atoms with Gasteiger partial charge in [0.15, 0.2) is 10.6 Å². The molecule has 0 aliphatic rings. The van der Waals surface area contributed by atoms with E-state index in [1.807, 2.05) is 12.1 Å². The number of fused-ring (bicyclic) bond motifs is 1. The lowest BCUT2D eigenvalue weighted by molar-refractivity contribution is 0.0527. The first kappa shape index (κ1) is 16.1. The van der Waals surface area contributed by atoms with E-state index in [9.17, 15) is 14.0 Å². The van der Waals surface area contributed by atoms with Crippen LogP contribution in [0.3, 0.4) is 0 Å². The van der Waals surface area contributed by atoms with Crippen molar-refractivity contribution >= 4 is 33.4 Å². The van der Waals surface area contributed by atoms with Crippen LogP contribution in [0.4, 0.5) is 4.39 Å². The molecule has 3 rings (SSSR count). The quantitative estimate of drug-likeness (QED) is 0.657. The minimum Gasteiger partial charge on any atom is -0.462 e. The molecule has 0 N–H and O–H groups in total. The van der Waals surface area contributed by atoms with Crippen LogP contribution >= 0.6 is 11.3 Å². The van der Waals surface area contributed by atoms with E-state index in [0.717, 1.165) is 4.70 Å². The molecule has 1 heterocycles. The van der Waals surface area contributed by atoms with Crippen LogP contribution in [-0.2, 0) is 4.74 Å². The molecule has 2 aromatic carbocycles. The Balaban J connectivity index is 2.00. The van der Waals surface area contributed by atoms with Gasteiger partial charge in [-0.3, -0.25) is 0 Å². The van der Waals surface area contributed by atoms with Crippen molar-refractivity contribution in [2.24, 2.45) is 0 Å². The van der Waals surface area contributed by atoms with Gasteiger partial charge in [-0.05, 0) is 43.3 Å². The van der Waals surface area contributed by atoms with Crippen LogP contribution < -0.4 is 4.74 Å². The Morgan fingerprint density at radius 2 is 1.75 bits per heavy atom. The molecule has 0 saturated heterocycles. The summed E-state index contributed by atoms with van der Waals surface area (Å²) in [4.78, 5) is 24.7. The minimum absolute atomic E-state index is 0.170. The van der Waals surface area contributed by atoms with E-state index in [2.05, 4.69) is 0 Å². The van der Waals surface area contributed by atoms with Crippen molar-refractivity contribution in [1.29, 1.82) is 0 Å². The first-order valence-corrected chi connectivity index (χ1v) is 8.08. The highest BCUT2D eigenvalue weighted by Crippen LogP contribution is 2.38. The maximum Gasteiger partial charge on any atom is 0.352 e. The zero-order chi connectivity index (χ0) is 17.1. The lowest BCUT2D eigenvalue weighted by atomic mass is 10.2. The van der Waals surface area contributed by atoms with Gasteiger partial charge in [-0.25, -0.2) is 14.0 Å². The third kappa shape index (κ3) is 3.14. The van der Waals surface area contributed by atoms with E-state index in [-0.39, 0.29) is 22.8 Å². The summed E-state index contributed by atoms with van der Waals surface area (Å²) in [6.45, 7) is 1.92. The number of esters is 2. The first-order chi connectivity index (χ1) is 11.6. The molecule has 0 aliphatic heterocycles. The standard InChI is InChI=1S/C18H13FO4S/c1-2-22-18(21)16-15(13-5-3-4-6-14(13)24-16)23-17(20)11-7-9-12(19)10-8-11/h3-10H,2H2,1H3. The monoisotopic (exact) mass is 344 g/mol. The van der Waals surface area contributed by atoms with Crippen molar-refractivity contribution in [3.63, 3.8) is 0 Å². The van der Waals surface area contributed by atoms with Gasteiger partial charge < -0.3 is 9.47 Å². The molecular weight excluding hydrogens is 331 g/mol. The highest BCUT2D eigenvalue weighted by Gasteiger charge is 2.23. The Labute approximate surface area is 141 Å². The zero-order valence-corrected chi connectivity index (χ0v) is 13.6. The second-order valence-electron chi connectivity index (χ2n) is 4.87. The maximum absolute atomic E-state index is 13.0. The summed E-state index contributed by atoms with van der Waals surface area (Å²) in [7, 11) is 0. The Morgan fingerprint density at radius 3 is 2.46 bits per heavy atom. The van der Waals surface area contributed by atoms with Crippen LogP contribution in [0.2, 0.25) is 0 Å². The number of hydrogen-bond acceptors (Lipinski definition) is 5. The van der Waals surface area contributed by atoms with Crippen molar-refractivity contribution in [3.05, 3.63) is 64.8 Å². The average molecular weight is 344 g/mol. The fourth-order valence-corrected chi connectivity index (χ4v) is 3.22. The molecule has 122 valence electrons. The molecule has 0 bridgehead atoms. The van der Waals surface area contributed by atoms with Gasteiger partial charge in [0, 0.05) is 10.1 Å². The molecule has 0 atom stereocenters. The molecule has 0 aliphatic carbocycles. The average Bonchev–Trinajstić information content (AvgIpc) is 2.94. The predicted molar refractivity (Wildman–Crippen MR) is 89.1 cm³/mol. The number of hydrogen-bond donors (Lipinski definition) is 0. The maximum atomic E-state index is 13.0. The van der Waals surface area contributed by atoms with Gasteiger partial charge in [-0.15, -0.1) is 11.3 Å². The van der Waals surface area contributed by atoms with Gasteiger partial charge in [-0.1, -0.05) is 12.1 Å². The molecule has 24 heavy (non-hydrogen) atoms.